The number of hydrogen-bond acceptors (Lipinski definition) is 3. The summed E-state index contributed by atoms with van der Waals surface area (Å²) in [6.07, 6.45) is 0. The zero-order chi connectivity index (χ0) is 15.6. The van der Waals surface area contributed by atoms with Gasteiger partial charge in [-0.15, -0.1) is 0 Å². The molecule has 0 aliphatic heterocycles. The third kappa shape index (κ3) is 3.40. The largest absolute Gasteiger partial charge is 0.389 e. The number of nitrogens with one attached hydrogen (secondary N) is 1. The van der Waals surface area contributed by atoms with Crippen LogP contribution in [-0.4, -0.2) is 13.4 Å². The van der Waals surface area contributed by atoms with Gasteiger partial charge in [-0.3, -0.25) is 4.72 Å². The number of aryl methyl sites for hydroxylation is 2. The lowest BCUT2D eigenvalue weighted by molar-refractivity contribution is 0.601. The van der Waals surface area contributed by atoms with Gasteiger partial charge in [0.05, 0.1) is 4.90 Å². The molecule has 0 saturated carbocycles. The van der Waals surface area contributed by atoms with Crippen molar-refractivity contribution in [3.05, 3.63) is 59.2 Å². The first-order chi connectivity index (χ1) is 9.81. The third-order valence-electron chi connectivity index (χ3n) is 3.20. The second-order valence-corrected chi connectivity index (χ2v) is 6.86. The monoisotopic (exact) mass is 320 g/mol. The Balaban J connectivity index is 2.43. The van der Waals surface area contributed by atoms with Crippen molar-refractivity contribution in [1.29, 1.82) is 0 Å². The third-order valence-corrected chi connectivity index (χ3v) is 4.86. The molecular formula is C15H16N2O2S2. The Labute approximate surface area is 130 Å². The molecule has 6 heteroatoms. The van der Waals surface area contributed by atoms with Gasteiger partial charge >= 0.3 is 0 Å². The first-order valence-corrected chi connectivity index (χ1v) is 8.19. The Bertz CT molecular complexity index is 799. The van der Waals surface area contributed by atoms with Gasteiger partial charge in [0.1, 0.15) is 4.99 Å². The lowest BCUT2D eigenvalue weighted by atomic mass is 10.1. The van der Waals surface area contributed by atoms with E-state index >= 15 is 0 Å². The Morgan fingerprint density at radius 2 is 1.76 bits per heavy atom. The molecule has 0 aliphatic carbocycles. The van der Waals surface area contributed by atoms with Gasteiger partial charge in [-0.25, -0.2) is 8.42 Å². The van der Waals surface area contributed by atoms with Crippen LogP contribution in [0.25, 0.3) is 0 Å². The fraction of sp³-hybridized carbons (Fsp3) is 0.133. The number of anilines is 1. The fourth-order valence-electron chi connectivity index (χ4n) is 1.92. The molecule has 4 nitrogen and oxygen atoms in total. The molecule has 2 rings (SSSR count). The molecule has 0 atom stereocenters. The van der Waals surface area contributed by atoms with Crippen LogP contribution in [-0.2, 0) is 10.0 Å². The summed E-state index contributed by atoms with van der Waals surface area (Å²) in [5.74, 6) is 0. The van der Waals surface area contributed by atoms with Crippen LogP contribution in [0.2, 0.25) is 0 Å². The maximum atomic E-state index is 12.5. The summed E-state index contributed by atoms with van der Waals surface area (Å²) in [5.41, 5.74) is 8.55. The molecule has 0 radical (unpaired) electrons. The van der Waals surface area contributed by atoms with Gasteiger partial charge in [-0.1, -0.05) is 36.5 Å². The molecule has 110 valence electrons. The average Bonchev–Trinajstić information content (AvgIpc) is 2.42. The summed E-state index contributed by atoms with van der Waals surface area (Å²) in [5, 5.41) is 0. The maximum absolute atomic E-state index is 12.5. The minimum Gasteiger partial charge on any atom is -0.389 e. The average molecular weight is 320 g/mol. The maximum Gasteiger partial charge on any atom is 0.262 e. The highest BCUT2D eigenvalue weighted by molar-refractivity contribution is 7.93. The van der Waals surface area contributed by atoms with E-state index in [0.29, 0.717) is 11.3 Å². The zero-order valence-electron chi connectivity index (χ0n) is 11.8. The van der Waals surface area contributed by atoms with Crippen molar-refractivity contribution in [2.24, 2.45) is 5.73 Å². The predicted molar refractivity (Wildman–Crippen MR) is 89.1 cm³/mol. The van der Waals surface area contributed by atoms with Crippen LogP contribution in [0, 0.1) is 13.8 Å². The van der Waals surface area contributed by atoms with Crippen LogP contribution in [0.15, 0.2) is 47.4 Å². The smallest absolute Gasteiger partial charge is 0.262 e. The van der Waals surface area contributed by atoms with Gasteiger partial charge in [-0.2, -0.15) is 0 Å². The topological polar surface area (TPSA) is 72.2 Å². The van der Waals surface area contributed by atoms with Crippen LogP contribution in [0.5, 0.6) is 0 Å². The van der Waals surface area contributed by atoms with Gasteiger partial charge in [0.25, 0.3) is 10.0 Å². The summed E-state index contributed by atoms with van der Waals surface area (Å²) < 4.78 is 27.5. The molecule has 0 saturated heterocycles. The summed E-state index contributed by atoms with van der Waals surface area (Å²) in [4.78, 5) is 0.131. The Morgan fingerprint density at radius 1 is 1.10 bits per heavy atom. The highest BCUT2D eigenvalue weighted by Crippen LogP contribution is 2.21. The molecule has 0 aromatic heterocycles. The predicted octanol–water partition coefficient (Wildman–Crippen LogP) is 2.74. The number of hydrogen-bond donors (Lipinski definition) is 2. The molecule has 0 spiro atoms. The Hall–Kier alpha value is -1.92. The van der Waals surface area contributed by atoms with Crippen molar-refractivity contribution in [3.8, 4) is 0 Å². The number of nitrogens with two attached hydrogens (primary N) is 1. The molecular weight excluding hydrogens is 304 g/mol. The van der Waals surface area contributed by atoms with E-state index in [0.717, 1.165) is 11.1 Å². The van der Waals surface area contributed by atoms with Gasteiger partial charge in [0.15, 0.2) is 0 Å². The molecule has 0 heterocycles. The van der Waals surface area contributed by atoms with Gasteiger partial charge in [-0.05, 0) is 43.2 Å². The van der Waals surface area contributed by atoms with Crippen molar-refractivity contribution in [1.82, 2.24) is 0 Å². The number of sulfonamides is 1. The summed E-state index contributed by atoms with van der Waals surface area (Å²) >= 11 is 4.91. The second-order valence-electron chi connectivity index (χ2n) is 4.76. The van der Waals surface area contributed by atoms with Gasteiger partial charge in [0.2, 0.25) is 0 Å². The van der Waals surface area contributed by atoms with Gasteiger partial charge < -0.3 is 5.73 Å². The van der Waals surface area contributed by atoms with Gasteiger partial charge in [0, 0.05) is 11.3 Å². The van der Waals surface area contributed by atoms with E-state index < -0.39 is 10.0 Å². The molecule has 0 unspecified atom stereocenters. The first-order valence-electron chi connectivity index (χ1n) is 6.30. The lowest BCUT2D eigenvalue weighted by Gasteiger charge is -2.12. The Morgan fingerprint density at radius 3 is 2.38 bits per heavy atom. The molecule has 0 bridgehead atoms. The van der Waals surface area contributed by atoms with Crippen LogP contribution >= 0.6 is 12.2 Å². The van der Waals surface area contributed by atoms with Crippen LogP contribution in [0.1, 0.15) is 16.7 Å². The minimum absolute atomic E-state index is 0.0519. The molecule has 3 N–H and O–H groups in total. The molecule has 0 fully saturated rings. The van der Waals surface area contributed by atoms with E-state index in [4.69, 9.17) is 18.0 Å². The minimum atomic E-state index is -3.74. The standard InChI is InChI=1S/C15H16N2O2S2/c1-10-7-8-12(9-11(10)2)17-21(18,19)14-6-4-3-5-13(14)15(16)20/h3-9,17H,1-2H3,(H2,16,20). The van der Waals surface area contributed by atoms with Crippen molar-refractivity contribution in [2.75, 3.05) is 4.72 Å². The van der Waals surface area contributed by atoms with E-state index in [1.807, 2.05) is 19.9 Å². The first kappa shape index (κ1) is 15.5. The quantitative estimate of drug-likeness (QED) is 0.850. The summed E-state index contributed by atoms with van der Waals surface area (Å²) in [7, 11) is -3.74. The summed E-state index contributed by atoms with van der Waals surface area (Å²) in [6, 6.07) is 11.8. The van der Waals surface area contributed by atoms with Crippen LogP contribution in [0.4, 0.5) is 5.69 Å². The Kier molecular flexibility index (Phi) is 4.29. The van der Waals surface area contributed by atoms with Crippen molar-refractivity contribution >= 4 is 32.9 Å². The van der Waals surface area contributed by atoms with Crippen LogP contribution in [0.3, 0.4) is 0 Å². The number of thiocarbonyl (C=S) groups is 1. The fourth-order valence-corrected chi connectivity index (χ4v) is 3.43. The van der Waals surface area contributed by atoms with Crippen molar-refractivity contribution in [3.63, 3.8) is 0 Å². The molecule has 0 aliphatic rings. The highest BCUT2D eigenvalue weighted by Gasteiger charge is 2.19. The normalized spacial score (nSPS) is 11.1. The van der Waals surface area contributed by atoms with E-state index in [1.54, 1.807) is 30.3 Å². The molecule has 2 aromatic rings. The van der Waals surface area contributed by atoms with Crippen LogP contribution < -0.4 is 10.5 Å². The highest BCUT2D eigenvalue weighted by atomic mass is 32.2. The van der Waals surface area contributed by atoms with E-state index in [1.165, 1.54) is 6.07 Å². The number of benzene rings is 2. The lowest BCUT2D eigenvalue weighted by Crippen LogP contribution is -2.19. The van der Waals surface area contributed by atoms with Crippen molar-refractivity contribution < 1.29 is 8.42 Å². The second kappa shape index (κ2) is 5.83. The van der Waals surface area contributed by atoms with Crippen molar-refractivity contribution in [2.45, 2.75) is 18.7 Å². The number of rotatable bonds is 4. The molecule has 2 aromatic carbocycles. The zero-order valence-corrected chi connectivity index (χ0v) is 13.4. The molecule has 0 amide bonds. The van der Waals surface area contributed by atoms with E-state index in [2.05, 4.69) is 4.72 Å². The SMILES string of the molecule is Cc1ccc(NS(=O)(=O)c2ccccc2C(N)=S)cc1C. The van der Waals surface area contributed by atoms with E-state index in [-0.39, 0.29) is 9.88 Å². The van der Waals surface area contributed by atoms with E-state index in [9.17, 15) is 8.42 Å². The molecule has 21 heavy (non-hydrogen) atoms. The summed E-state index contributed by atoms with van der Waals surface area (Å²) in [6.45, 7) is 3.89.